The molecule has 0 N–H and O–H groups in total. The Morgan fingerprint density at radius 2 is 1.58 bits per heavy atom. The first kappa shape index (κ1) is 17.2. The monoisotopic (exact) mass is 402 g/mol. The Morgan fingerprint density at radius 3 is 2.35 bits per heavy atom. The number of fused-ring (bicyclic) bond motifs is 1. The zero-order valence-electron chi connectivity index (χ0n) is 13.5. The van der Waals surface area contributed by atoms with E-state index in [2.05, 4.69) is 0 Å². The largest absolute Gasteiger partial charge is 0.407 e. The lowest BCUT2D eigenvalue weighted by Crippen LogP contribution is -2.13. The average molecular weight is 404 g/mol. The average Bonchev–Trinajstić information content (AvgIpc) is 2.99. The molecule has 0 aliphatic carbocycles. The normalized spacial score (nSPS) is 11.0. The maximum absolute atomic E-state index is 6.26. The van der Waals surface area contributed by atoms with E-state index >= 15 is 0 Å². The molecule has 4 aromatic rings. The third kappa shape index (κ3) is 3.38. The first-order valence-electron chi connectivity index (χ1n) is 7.92. The summed E-state index contributed by atoms with van der Waals surface area (Å²) in [6.45, 7) is 0.272. The highest BCUT2D eigenvalue weighted by Crippen LogP contribution is 2.27. The van der Waals surface area contributed by atoms with Gasteiger partial charge in [0.1, 0.15) is 12.1 Å². The fourth-order valence-corrected chi connectivity index (χ4v) is 3.33. The van der Waals surface area contributed by atoms with Gasteiger partial charge in [-0.05, 0) is 30.3 Å². The van der Waals surface area contributed by atoms with Gasteiger partial charge in [-0.25, -0.2) is 4.98 Å². The molecule has 0 radical (unpaired) electrons. The summed E-state index contributed by atoms with van der Waals surface area (Å²) in [4.78, 5) is 10.8. The van der Waals surface area contributed by atoms with E-state index in [0.29, 0.717) is 20.9 Å². The maximum atomic E-state index is 6.26. The van der Waals surface area contributed by atoms with Crippen molar-refractivity contribution in [3.8, 4) is 11.4 Å². The van der Waals surface area contributed by atoms with E-state index < -0.39 is 0 Å². The van der Waals surface area contributed by atoms with E-state index in [1.807, 2.05) is 54.6 Å². The van der Waals surface area contributed by atoms with Gasteiger partial charge >= 0.3 is 0 Å². The van der Waals surface area contributed by atoms with Gasteiger partial charge in [-0.2, -0.15) is 4.73 Å². The van der Waals surface area contributed by atoms with Crippen LogP contribution >= 0.6 is 34.8 Å². The summed E-state index contributed by atoms with van der Waals surface area (Å²) >= 11 is 18.4. The van der Waals surface area contributed by atoms with Gasteiger partial charge in [0.15, 0.2) is 5.82 Å². The molecule has 3 aromatic carbocycles. The van der Waals surface area contributed by atoms with Crippen molar-refractivity contribution in [2.24, 2.45) is 0 Å². The smallest absolute Gasteiger partial charge is 0.176 e. The molecule has 130 valence electrons. The van der Waals surface area contributed by atoms with Crippen LogP contribution in [0.1, 0.15) is 5.56 Å². The second kappa shape index (κ2) is 7.20. The van der Waals surface area contributed by atoms with Gasteiger partial charge in [-0.3, -0.25) is 0 Å². The molecule has 6 heteroatoms. The first-order valence-corrected chi connectivity index (χ1v) is 9.06. The van der Waals surface area contributed by atoms with Crippen molar-refractivity contribution in [2.75, 3.05) is 0 Å². The molecular formula is C20H13Cl3N2O. The summed E-state index contributed by atoms with van der Waals surface area (Å²) in [5, 5.41) is 1.76. The molecule has 0 saturated heterocycles. The molecule has 26 heavy (non-hydrogen) atoms. The van der Waals surface area contributed by atoms with Gasteiger partial charge in [0.2, 0.25) is 0 Å². The molecule has 0 aliphatic rings. The molecule has 0 amide bonds. The maximum Gasteiger partial charge on any atom is 0.176 e. The van der Waals surface area contributed by atoms with Crippen molar-refractivity contribution < 1.29 is 4.84 Å². The summed E-state index contributed by atoms with van der Waals surface area (Å²) < 4.78 is 1.70. The van der Waals surface area contributed by atoms with E-state index in [1.165, 1.54) is 0 Å². The molecule has 0 spiro atoms. The Balaban J connectivity index is 1.78. The molecule has 0 bridgehead atoms. The topological polar surface area (TPSA) is 27.1 Å². The first-order chi connectivity index (χ1) is 12.6. The summed E-state index contributed by atoms with van der Waals surface area (Å²) in [5.41, 5.74) is 3.37. The van der Waals surface area contributed by atoms with Crippen LogP contribution in [0.3, 0.4) is 0 Å². The van der Waals surface area contributed by atoms with Gasteiger partial charge in [0.05, 0.1) is 5.52 Å². The predicted molar refractivity (Wildman–Crippen MR) is 107 cm³/mol. The van der Waals surface area contributed by atoms with Gasteiger partial charge in [-0.1, -0.05) is 71.2 Å². The molecule has 0 atom stereocenters. The molecule has 3 nitrogen and oxygen atoms in total. The van der Waals surface area contributed by atoms with Gasteiger partial charge in [0, 0.05) is 26.2 Å². The summed E-state index contributed by atoms with van der Waals surface area (Å²) in [7, 11) is 0. The van der Waals surface area contributed by atoms with Crippen LogP contribution in [0.25, 0.3) is 22.4 Å². The fraction of sp³-hybridized carbons (Fsp3) is 0.0500. The molecular weight excluding hydrogens is 391 g/mol. The molecule has 1 aromatic heterocycles. The quantitative estimate of drug-likeness (QED) is 0.400. The van der Waals surface area contributed by atoms with Crippen LogP contribution in [0, 0.1) is 0 Å². The molecule has 0 saturated carbocycles. The van der Waals surface area contributed by atoms with Gasteiger partial charge in [0.25, 0.3) is 0 Å². The Morgan fingerprint density at radius 1 is 0.846 bits per heavy atom. The number of halogens is 3. The van der Waals surface area contributed by atoms with Crippen LogP contribution in [-0.2, 0) is 6.61 Å². The van der Waals surface area contributed by atoms with E-state index in [4.69, 9.17) is 44.6 Å². The standard InChI is InChI=1S/C20H13Cl3N2O/c21-15-7-6-14(17(23)10-15)12-26-25-19-11-16(22)8-9-18(19)24-20(25)13-4-2-1-3-5-13/h1-11H,12H2. The van der Waals surface area contributed by atoms with Crippen molar-refractivity contribution in [1.82, 2.24) is 9.71 Å². The number of imidazole rings is 1. The van der Waals surface area contributed by atoms with Crippen molar-refractivity contribution in [3.05, 3.63) is 87.4 Å². The van der Waals surface area contributed by atoms with Crippen LogP contribution in [0.15, 0.2) is 66.7 Å². The number of hydrogen-bond donors (Lipinski definition) is 0. The van der Waals surface area contributed by atoms with E-state index in [-0.39, 0.29) is 6.61 Å². The Kier molecular flexibility index (Phi) is 4.77. The Hall–Kier alpha value is -2.20. The minimum Gasteiger partial charge on any atom is -0.407 e. The van der Waals surface area contributed by atoms with E-state index in [9.17, 15) is 0 Å². The number of rotatable bonds is 4. The summed E-state index contributed by atoms with van der Waals surface area (Å²) in [5.74, 6) is 0.702. The van der Waals surface area contributed by atoms with Crippen LogP contribution in [0.5, 0.6) is 0 Å². The molecule has 4 rings (SSSR count). The van der Waals surface area contributed by atoms with Crippen LogP contribution in [0.4, 0.5) is 0 Å². The third-order valence-corrected chi connectivity index (χ3v) is 4.79. The minimum atomic E-state index is 0.272. The molecule has 1 heterocycles. The van der Waals surface area contributed by atoms with E-state index in [0.717, 1.165) is 22.2 Å². The molecule has 0 aliphatic heterocycles. The molecule has 0 unspecified atom stereocenters. The lowest BCUT2D eigenvalue weighted by Gasteiger charge is -2.12. The summed E-state index contributed by atoms with van der Waals surface area (Å²) in [6, 6.07) is 20.7. The number of nitrogens with zero attached hydrogens (tertiary/aromatic N) is 2. The second-order valence-corrected chi connectivity index (χ2v) is 7.02. The zero-order chi connectivity index (χ0) is 18.1. The van der Waals surface area contributed by atoms with Crippen molar-refractivity contribution in [3.63, 3.8) is 0 Å². The van der Waals surface area contributed by atoms with E-state index in [1.54, 1.807) is 16.9 Å². The van der Waals surface area contributed by atoms with Crippen molar-refractivity contribution in [1.29, 1.82) is 0 Å². The highest BCUT2D eigenvalue weighted by molar-refractivity contribution is 6.35. The Bertz CT molecular complexity index is 1080. The summed E-state index contributed by atoms with van der Waals surface area (Å²) in [6.07, 6.45) is 0. The molecule has 0 fully saturated rings. The number of hydrogen-bond acceptors (Lipinski definition) is 2. The predicted octanol–water partition coefficient (Wildman–Crippen LogP) is 6.29. The third-order valence-electron chi connectivity index (χ3n) is 3.97. The minimum absolute atomic E-state index is 0.272. The lowest BCUT2D eigenvalue weighted by molar-refractivity contribution is 0.110. The number of benzene rings is 3. The van der Waals surface area contributed by atoms with Gasteiger partial charge < -0.3 is 4.84 Å². The number of aromatic nitrogens is 2. The van der Waals surface area contributed by atoms with Crippen molar-refractivity contribution >= 4 is 45.8 Å². The SMILES string of the molecule is Clc1ccc(COn2c(-c3ccccc3)nc3ccc(Cl)cc32)c(Cl)c1. The van der Waals surface area contributed by atoms with Crippen LogP contribution < -0.4 is 4.84 Å². The highest BCUT2D eigenvalue weighted by atomic mass is 35.5. The second-order valence-electron chi connectivity index (χ2n) is 5.74. The van der Waals surface area contributed by atoms with Crippen molar-refractivity contribution in [2.45, 2.75) is 6.61 Å². The van der Waals surface area contributed by atoms with Crippen LogP contribution in [0.2, 0.25) is 15.1 Å². The lowest BCUT2D eigenvalue weighted by atomic mass is 10.2. The van der Waals surface area contributed by atoms with Gasteiger partial charge in [-0.15, -0.1) is 0 Å². The highest BCUT2D eigenvalue weighted by Gasteiger charge is 2.15. The van der Waals surface area contributed by atoms with Crippen LogP contribution in [-0.4, -0.2) is 9.71 Å². The zero-order valence-corrected chi connectivity index (χ0v) is 15.8. The fourth-order valence-electron chi connectivity index (χ4n) is 2.70. The Labute approximate surface area is 165 Å².